The van der Waals surface area contributed by atoms with Gasteiger partial charge in [0.2, 0.25) is 0 Å². The Morgan fingerprint density at radius 1 is 1.11 bits per heavy atom. The zero-order chi connectivity index (χ0) is 13.2. The Bertz CT molecular complexity index is 366. The molecule has 0 aliphatic heterocycles. The summed E-state index contributed by atoms with van der Waals surface area (Å²) in [4.78, 5) is 11.7. The van der Waals surface area contributed by atoms with Crippen molar-refractivity contribution in [3.05, 3.63) is 29.8 Å². The number of anilines is 1. The molecule has 1 amide bonds. The Labute approximate surface area is 109 Å². The summed E-state index contributed by atoms with van der Waals surface area (Å²) in [6.07, 6.45) is 5.61. The molecule has 1 aromatic carbocycles. The van der Waals surface area contributed by atoms with Crippen LogP contribution < -0.4 is 16.8 Å². The Morgan fingerprint density at radius 2 is 1.83 bits per heavy atom. The molecule has 0 radical (unpaired) electrons. The van der Waals surface area contributed by atoms with Gasteiger partial charge < -0.3 is 16.8 Å². The first-order chi connectivity index (χ1) is 8.74. The number of hydrogen-bond acceptors (Lipinski definition) is 3. The van der Waals surface area contributed by atoms with Gasteiger partial charge in [0.1, 0.15) is 0 Å². The molecule has 0 fully saturated rings. The molecule has 4 nitrogen and oxygen atoms in total. The number of carbonyl (C=O) groups is 1. The number of hydrogen-bond donors (Lipinski definition) is 3. The van der Waals surface area contributed by atoms with E-state index in [1.807, 2.05) is 0 Å². The van der Waals surface area contributed by atoms with Crippen LogP contribution in [0, 0.1) is 0 Å². The lowest BCUT2D eigenvalue weighted by molar-refractivity contribution is 0.0953. The number of nitrogens with one attached hydrogen (secondary N) is 1. The molecule has 0 saturated heterocycles. The van der Waals surface area contributed by atoms with Crippen molar-refractivity contribution < 1.29 is 4.79 Å². The van der Waals surface area contributed by atoms with Crippen molar-refractivity contribution in [3.8, 4) is 0 Å². The maximum absolute atomic E-state index is 11.7. The van der Waals surface area contributed by atoms with Crippen LogP contribution in [0.3, 0.4) is 0 Å². The minimum Gasteiger partial charge on any atom is -0.399 e. The molecular formula is C14H23N3O. The smallest absolute Gasteiger partial charge is 0.251 e. The van der Waals surface area contributed by atoms with E-state index in [9.17, 15) is 4.79 Å². The quantitative estimate of drug-likeness (QED) is 0.486. The van der Waals surface area contributed by atoms with E-state index in [0.29, 0.717) is 11.3 Å². The van der Waals surface area contributed by atoms with Gasteiger partial charge in [0.15, 0.2) is 0 Å². The highest BCUT2D eigenvalue weighted by molar-refractivity contribution is 5.94. The van der Waals surface area contributed by atoms with E-state index in [4.69, 9.17) is 11.5 Å². The highest BCUT2D eigenvalue weighted by atomic mass is 16.1. The number of nitrogen functional groups attached to an aromatic ring is 1. The van der Waals surface area contributed by atoms with Gasteiger partial charge in [-0.2, -0.15) is 0 Å². The number of carbonyl (C=O) groups excluding carboxylic acids is 1. The fraction of sp³-hybridized carbons (Fsp3) is 0.500. The molecule has 0 atom stereocenters. The summed E-state index contributed by atoms with van der Waals surface area (Å²) in [6.45, 7) is 1.49. The summed E-state index contributed by atoms with van der Waals surface area (Å²) in [5.74, 6) is -0.0516. The van der Waals surface area contributed by atoms with Gasteiger partial charge >= 0.3 is 0 Å². The third-order valence-corrected chi connectivity index (χ3v) is 2.82. The molecule has 5 N–H and O–H groups in total. The van der Waals surface area contributed by atoms with Crippen molar-refractivity contribution in [3.63, 3.8) is 0 Å². The molecule has 1 aromatic rings. The molecule has 0 spiro atoms. The van der Waals surface area contributed by atoms with Crippen molar-refractivity contribution in [1.82, 2.24) is 5.32 Å². The third kappa shape index (κ3) is 5.68. The average Bonchev–Trinajstić information content (AvgIpc) is 2.37. The van der Waals surface area contributed by atoms with E-state index in [1.54, 1.807) is 24.3 Å². The van der Waals surface area contributed by atoms with Crippen molar-refractivity contribution in [2.45, 2.75) is 32.1 Å². The zero-order valence-corrected chi connectivity index (χ0v) is 10.8. The summed E-state index contributed by atoms with van der Waals surface area (Å²) >= 11 is 0. The average molecular weight is 249 g/mol. The van der Waals surface area contributed by atoms with Gasteiger partial charge in [-0.15, -0.1) is 0 Å². The van der Waals surface area contributed by atoms with Crippen molar-refractivity contribution in [2.24, 2.45) is 5.73 Å². The van der Waals surface area contributed by atoms with E-state index < -0.39 is 0 Å². The standard InChI is InChI=1S/C14H23N3O/c15-9-4-2-1-3-5-10-17-14(18)12-7-6-8-13(16)11-12/h6-8,11H,1-5,9-10,15-16H2,(H,17,18). The predicted molar refractivity (Wildman–Crippen MR) is 75.3 cm³/mol. The molecule has 0 aromatic heterocycles. The largest absolute Gasteiger partial charge is 0.399 e. The predicted octanol–water partition coefficient (Wildman–Crippen LogP) is 1.91. The molecule has 0 aliphatic rings. The Hall–Kier alpha value is -1.55. The molecule has 0 aliphatic carbocycles. The summed E-state index contributed by atoms with van der Waals surface area (Å²) in [7, 11) is 0. The first-order valence-corrected chi connectivity index (χ1v) is 6.58. The zero-order valence-electron chi connectivity index (χ0n) is 10.8. The summed E-state index contributed by atoms with van der Waals surface area (Å²) in [6, 6.07) is 7.02. The van der Waals surface area contributed by atoms with Gasteiger partial charge in [0.25, 0.3) is 5.91 Å². The first-order valence-electron chi connectivity index (χ1n) is 6.58. The van der Waals surface area contributed by atoms with Crippen LogP contribution >= 0.6 is 0 Å². The van der Waals surface area contributed by atoms with E-state index in [-0.39, 0.29) is 5.91 Å². The molecule has 0 heterocycles. The summed E-state index contributed by atoms with van der Waals surface area (Å²) in [5, 5.41) is 2.90. The summed E-state index contributed by atoms with van der Waals surface area (Å²) in [5.41, 5.74) is 12.3. The fourth-order valence-electron chi connectivity index (χ4n) is 1.78. The van der Waals surface area contributed by atoms with Gasteiger partial charge in [0.05, 0.1) is 0 Å². The lowest BCUT2D eigenvalue weighted by atomic mass is 10.1. The lowest BCUT2D eigenvalue weighted by Gasteiger charge is -2.05. The molecule has 0 bridgehead atoms. The SMILES string of the molecule is NCCCCCCCNC(=O)c1cccc(N)c1. The minimum atomic E-state index is -0.0516. The van der Waals surface area contributed by atoms with Crippen LogP contribution in [0.2, 0.25) is 0 Å². The topological polar surface area (TPSA) is 81.1 Å². The Kier molecular flexibility index (Phi) is 6.87. The first kappa shape index (κ1) is 14.5. The van der Waals surface area contributed by atoms with Crippen molar-refractivity contribution in [2.75, 3.05) is 18.8 Å². The Balaban J connectivity index is 2.14. The normalized spacial score (nSPS) is 10.3. The van der Waals surface area contributed by atoms with Gasteiger partial charge in [-0.05, 0) is 37.6 Å². The third-order valence-electron chi connectivity index (χ3n) is 2.82. The van der Waals surface area contributed by atoms with Crippen LogP contribution in [-0.4, -0.2) is 19.0 Å². The van der Waals surface area contributed by atoms with Crippen molar-refractivity contribution in [1.29, 1.82) is 0 Å². The maximum atomic E-state index is 11.7. The van der Waals surface area contributed by atoms with E-state index in [2.05, 4.69) is 5.32 Å². The molecule has 1 rings (SSSR count). The van der Waals surface area contributed by atoms with Gasteiger partial charge in [0, 0.05) is 17.8 Å². The van der Waals surface area contributed by atoms with Crippen LogP contribution in [-0.2, 0) is 0 Å². The van der Waals surface area contributed by atoms with Gasteiger partial charge in [-0.25, -0.2) is 0 Å². The summed E-state index contributed by atoms with van der Waals surface area (Å²) < 4.78 is 0. The molecule has 4 heteroatoms. The van der Waals surface area contributed by atoms with Gasteiger partial charge in [-0.1, -0.05) is 25.3 Å². The second-order valence-corrected chi connectivity index (χ2v) is 4.44. The van der Waals surface area contributed by atoms with Crippen molar-refractivity contribution >= 4 is 11.6 Å². The number of amides is 1. The molecule has 0 unspecified atom stereocenters. The minimum absolute atomic E-state index is 0.0516. The number of rotatable bonds is 8. The van der Waals surface area contributed by atoms with Crippen LogP contribution in [0.15, 0.2) is 24.3 Å². The van der Waals surface area contributed by atoms with Crippen LogP contribution in [0.25, 0.3) is 0 Å². The second kappa shape index (κ2) is 8.53. The second-order valence-electron chi connectivity index (χ2n) is 4.44. The lowest BCUT2D eigenvalue weighted by Crippen LogP contribution is -2.24. The molecule has 100 valence electrons. The van der Waals surface area contributed by atoms with Gasteiger partial charge in [-0.3, -0.25) is 4.79 Å². The monoisotopic (exact) mass is 249 g/mol. The molecular weight excluding hydrogens is 226 g/mol. The van der Waals surface area contributed by atoms with E-state index in [0.717, 1.165) is 32.4 Å². The van der Waals surface area contributed by atoms with Crippen LogP contribution in [0.5, 0.6) is 0 Å². The number of nitrogens with two attached hydrogens (primary N) is 2. The number of benzene rings is 1. The number of unbranched alkanes of at least 4 members (excludes halogenated alkanes) is 4. The molecule has 0 saturated carbocycles. The molecule has 18 heavy (non-hydrogen) atoms. The van der Waals surface area contributed by atoms with Crippen LogP contribution in [0.4, 0.5) is 5.69 Å². The highest BCUT2D eigenvalue weighted by Gasteiger charge is 2.03. The fourth-order valence-corrected chi connectivity index (χ4v) is 1.78. The van der Waals surface area contributed by atoms with E-state index in [1.165, 1.54) is 12.8 Å². The maximum Gasteiger partial charge on any atom is 0.251 e. The highest BCUT2D eigenvalue weighted by Crippen LogP contribution is 2.06. The Morgan fingerprint density at radius 3 is 2.56 bits per heavy atom. The van der Waals surface area contributed by atoms with Crippen LogP contribution in [0.1, 0.15) is 42.5 Å². The van der Waals surface area contributed by atoms with E-state index >= 15 is 0 Å².